The molecule has 0 amide bonds. The van der Waals surface area contributed by atoms with Crippen LogP contribution in [-0.4, -0.2) is 13.1 Å². The Balaban J connectivity index is 1.87. The molecule has 0 aromatic heterocycles. The van der Waals surface area contributed by atoms with E-state index in [1.807, 2.05) is 0 Å². The van der Waals surface area contributed by atoms with E-state index >= 15 is 0 Å². The topological polar surface area (TPSA) is 59.3 Å². The van der Waals surface area contributed by atoms with Crippen molar-refractivity contribution in [1.82, 2.24) is 0 Å². The molecule has 0 spiro atoms. The van der Waals surface area contributed by atoms with Crippen LogP contribution < -0.4 is 9.47 Å². The molecule has 0 bridgehead atoms. The van der Waals surface area contributed by atoms with Gasteiger partial charge in [-0.2, -0.15) is 5.26 Å². The molecule has 3 aromatic rings. The molecule has 0 aliphatic heterocycles. The second-order valence-corrected chi connectivity index (χ2v) is 6.86. The van der Waals surface area contributed by atoms with Crippen molar-refractivity contribution < 1.29 is 14.3 Å². The van der Waals surface area contributed by atoms with Crippen molar-refractivity contribution in [2.45, 2.75) is 0 Å². The van der Waals surface area contributed by atoms with E-state index in [1.165, 1.54) is 7.11 Å². The highest BCUT2D eigenvalue weighted by Crippen LogP contribution is 2.31. The van der Waals surface area contributed by atoms with E-state index in [2.05, 4.69) is 6.07 Å². The van der Waals surface area contributed by atoms with Gasteiger partial charge in [-0.1, -0.05) is 41.4 Å². The first kappa shape index (κ1) is 20.5. The molecule has 6 heteroatoms. The van der Waals surface area contributed by atoms with Gasteiger partial charge in [0.1, 0.15) is 0 Å². The number of methoxy groups -OCH3 is 1. The molecule has 0 aliphatic carbocycles. The summed E-state index contributed by atoms with van der Waals surface area (Å²) in [5, 5.41) is 10.6. The number of hydrogen-bond acceptors (Lipinski definition) is 4. The molecule has 3 aromatic carbocycles. The number of benzene rings is 3. The number of allylic oxidation sites excluding steroid dienone is 1. The number of carbonyl (C=O) groups excluding carboxylic acids is 1. The SMILES string of the molecule is COc1cc(/C=C(/C#N)c2cccc(Cl)c2)ccc1OC(=O)c1ccc(Cl)cc1. The quantitative estimate of drug-likeness (QED) is 0.209. The zero-order valence-electron chi connectivity index (χ0n) is 15.4. The first-order valence-corrected chi connectivity index (χ1v) is 9.29. The van der Waals surface area contributed by atoms with Crippen LogP contribution in [0.25, 0.3) is 11.6 Å². The predicted octanol–water partition coefficient (Wildman–Crippen LogP) is 6.29. The minimum Gasteiger partial charge on any atom is -0.493 e. The largest absolute Gasteiger partial charge is 0.493 e. The normalized spacial score (nSPS) is 10.9. The zero-order valence-corrected chi connectivity index (χ0v) is 16.9. The van der Waals surface area contributed by atoms with Gasteiger partial charge in [0, 0.05) is 10.0 Å². The standard InChI is InChI=1S/C23H15Cl2NO3/c1-28-22-12-15(11-18(14-26)17-3-2-4-20(25)13-17)5-10-21(22)29-23(27)16-6-8-19(24)9-7-16/h2-13H,1H3/b18-11-. The van der Waals surface area contributed by atoms with E-state index < -0.39 is 5.97 Å². The van der Waals surface area contributed by atoms with Crippen molar-refractivity contribution in [1.29, 1.82) is 5.26 Å². The van der Waals surface area contributed by atoms with Crippen LogP contribution in [0.1, 0.15) is 21.5 Å². The zero-order chi connectivity index (χ0) is 20.8. The number of nitrogens with zero attached hydrogens (tertiary/aromatic N) is 1. The molecule has 0 aliphatic rings. The van der Waals surface area contributed by atoms with E-state index in [0.717, 1.165) is 0 Å². The first-order chi connectivity index (χ1) is 14.0. The Kier molecular flexibility index (Phi) is 6.56. The third-order valence-electron chi connectivity index (χ3n) is 4.04. The lowest BCUT2D eigenvalue weighted by Crippen LogP contribution is -2.09. The maximum Gasteiger partial charge on any atom is 0.343 e. The van der Waals surface area contributed by atoms with Crippen molar-refractivity contribution in [2.75, 3.05) is 7.11 Å². The number of hydrogen-bond donors (Lipinski definition) is 0. The van der Waals surface area contributed by atoms with Crippen molar-refractivity contribution in [3.05, 3.63) is 93.5 Å². The highest BCUT2D eigenvalue weighted by molar-refractivity contribution is 6.31. The highest BCUT2D eigenvalue weighted by Gasteiger charge is 2.13. The average Bonchev–Trinajstić information content (AvgIpc) is 2.73. The summed E-state index contributed by atoms with van der Waals surface area (Å²) in [7, 11) is 1.48. The molecule has 3 rings (SSSR count). The second-order valence-electron chi connectivity index (χ2n) is 5.99. The van der Waals surface area contributed by atoms with Crippen LogP contribution in [-0.2, 0) is 0 Å². The molecule has 0 radical (unpaired) electrons. The molecular weight excluding hydrogens is 409 g/mol. The van der Waals surface area contributed by atoms with Crippen LogP contribution >= 0.6 is 23.2 Å². The molecule has 0 atom stereocenters. The van der Waals surface area contributed by atoms with Crippen molar-refractivity contribution in [3.63, 3.8) is 0 Å². The number of esters is 1. The van der Waals surface area contributed by atoms with Gasteiger partial charge in [-0.05, 0) is 65.7 Å². The van der Waals surface area contributed by atoms with Gasteiger partial charge < -0.3 is 9.47 Å². The summed E-state index contributed by atoms with van der Waals surface area (Å²) in [6.45, 7) is 0. The molecule has 29 heavy (non-hydrogen) atoms. The lowest BCUT2D eigenvalue weighted by atomic mass is 10.0. The summed E-state index contributed by atoms with van der Waals surface area (Å²) in [5.74, 6) is 0.107. The monoisotopic (exact) mass is 423 g/mol. The van der Waals surface area contributed by atoms with E-state index in [-0.39, 0.29) is 5.75 Å². The van der Waals surface area contributed by atoms with Gasteiger partial charge in [0.2, 0.25) is 0 Å². The van der Waals surface area contributed by atoms with Gasteiger partial charge in [0.25, 0.3) is 0 Å². The van der Waals surface area contributed by atoms with Gasteiger partial charge in [0.05, 0.1) is 24.3 Å². The number of rotatable bonds is 5. The third kappa shape index (κ3) is 5.17. The number of nitriles is 1. The van der Waals surface area contributed by atoms with Crippen molar-refractivity contribution in [3.8, 4) is 17.6 Å². The second kappa shape index (κ2) is 9.29. The summed E-state index contributed by atoms with van der Waals surface area (Å²) < 4.78 is 10.8. The molecule has 0 saturated carbocycles. The number of ether oxygens (including phenoxy) is 2. The maximum absolute atomic E-state index is 12.3. The minimum absolute atomic E-state index is 0.269. The highest BCUT2D eigenvalue weighted by atomic mass is 35.5. The van der Waals surface area contributed by atoms with E-state index in [0.29, 0.717) is 38.1 Å². The van der Waals surface area contributed by atoms with Crippen LogP contribution in [0.2, 0.25) is 10.0 Å². The van der Waals surface area contributed by atoms with Crippen LogP contribution in [0.4, 0.5) is 0 Å². The van der Waals surface area contributed by atoms with Crippen LogP contribution in [0.5, 0.6) is 11.5 Å². The van der Waals surface area contributed by atoms with Gasteiger partial charge in [-0.15, -0.1) is 0 Å². The molecular formula is C23H15Cl2NO3. The van der Waals surface area contributed by atoms with Gasteiger partial charge in [0.15, 0.2) is 11.5 Å². The van der Waals surface area contributed by atoms with E-state index in [4.69, 9.17) is 32.7 Å². The van der Waals surface area contributed by atoms with Crippen molar-refractivity contribution in [2.24, 2.45) is 0 Å². The Morgan fingerprint density at radius 2 is 1.69 bits per heavy atom. The number of carbonyl (C=O) groups is 1. The lowest BCUT2D eigenvalue weighted by Gasteiger charge is -2.10. The molecule has 0 fully saturated rings. The Hall–Kier alpha value is -3.26. The fourth-order valence-corrected chi connectivity index (χ4v) is 2.92. The Morgan fingerprint density at radius 1 is 0.931 bits per heavy atom. The molecule has 0 N–H and O–H groups in total. The van der Waals surface area contributed by atoms with E-state index in [9.17, 15) is 10.1 Å². The average molecular weight is 424 g/mol. The lowest BCUT2D eigenvalue weighted by molar-refractivity contribution is 0.0729. The van der Waals surface area contributed by atoms with Crippen LogP contribution in [0.3, 0.4) is 0 Å². The third-order valence-corrected chi connectivity index (χ3v) is 4.52. The first-order valence-electron chi connectivity index (χ1n) is 8.53. The minimum atomic E-state index is -0.528. The molecule has 4 nitrogen and oxygen atoms in total. The fourth-order valence-electron chi connectivity index (χ4n) is 2.61. The smallest absolute Gasteiger partial charge is 0.343 e. The summed E-state index contributed by atoms with van der Waals surface area (Å²) in [6.07, 6.45) is 1.71. The summed E-state index contributed by atoms with van der Waals surface area (Å²) in [5.41, 5.74) is 2.23. The Bertz CT molecular complexity index is 1120. The van der Waals surface area contributed by atoms with Crippen LogP contribution in [0.15, 0.2) is 66.7 Å². The summed E-state index contributed by atoms with van der Waals surface area (Å²) >= 11 is 11.9. The molecule has 144 valence electrons. The Labute approximate surface area is 178 Å². The van der Waals surface area contributed by atoms with Gasteiger partial charge >= 0.3 is 5.97 Å². The molecule has 0 saturated heterocycles. The number of halogens is 2. The molecule has 0 unspecified atom stereocenters. The Morgan fingerprint density at radius 3 is 2.34 bits per heavy atom. The van der Waals surface area contributed by atoms with Crippen molar-refractivity contribution >= 4 is 40.8 Å². The fraction of sp³-hybridized carbons (Fsp3) is 0.0435. The van der Waals surface area contributed by atoms with Gasteiger partial charge in [-0.3, -0.25) is 0 Å². The van der Waals surface area contributed by atoms with Gasteiger partial charge in [-0.25, -0.2) is 4.79 Å². The van der Waals surface area contributed by atoms with E-state index in [1.54, 1.807) is 72.8 Å². The molecule has 0 heterocycles. The van der Waals surface area contributed by atoms with Crippen LogP contribution in [0, 0.1) is 11.3 Å². The summed E-state index contributed by atoms with van der Waals surface area (Å²) in [4.78, 5) is 12.3. The predicted molar refractivity (Wildman–Crippen MR) is 114 cm³/mol. The maximum atomic E-state index is 12.3. The summed E-state index contributed by atoms with van der Waals surface area (Å²) in [6, 6.07) is 20.6.